The summed E-state index contributed by atoms with van der Waals surface area (Å²) in [5.41, 5.74) is 1.87. The Labute approximate surface area is 204 Å². The molecular formula is C31H23NO3. The highest BCUT2D eigenvalue weighted by Crippen LogP contribution is 2.54. The smallest absolute Gasteiger partial charge is 0.277 e. The Kier molecular flexibility index (Phi) is 4.89. The molecule has 0 bridgehead atoms. The van der Waals surface area contributed by atoms with Gasteiger partial charge in [0.05, 0.1) is 18.4 Å². The van der Waals surface area contributed by atoms with Crippen molar-refractivity contribution in [3.8, 4) is 0 Å². The van der Waals surface area contributed by atoms with Gasteiger partial charge in [-0.3, -0.25) is 14.5 Å². The Morgan fingerprint density at radius 2 is 1.14 bits per heavy atom. The maximum Gasteiger partial charge on any atom is 0.277 e. The first kappa shape index (κ1) is 21.1. The summed E-state index contributed by atoms with van der Waals surface area (Å²) in [6.07, 6.45) is 2.71. The van der Waals surface area contributed by atoms with Gasteiger partial charge in [-0.25, -0.2) is 0 Å². The van der Waals surface area contributed by atoms with Crippen LogP contribution in [0.1, 0.15) is 28.7 Å². The van der Waals surface area contributed by atoms with Crippen LogP contribution in [0.5, 0.6) is 0 Å². The molecule has 35 heavy (non-hydrogen) atoms. The molecule has 2 heterocycles. The van der Waals surface area contributed by atoms with Crippen LogP contribution < -0.4 is 4.90 Å². The van der Waals surface area contributed by atoms with Crippen LogP contribution in [0.15, 0.2) is 128 Å². The van der Waals surface area contributed by atoms with Crippen LogP contribution in [0, 0.1) is 0 Å². The van der Waals surface area contributed by atoms with Gasteiger partial charge in [0.15, 0.2) is 5.78 Å². The Morgan fingerprint density at radius 1 is 0.657 bits per heavy atom. The van der Waals surface area contributed by atoms with E-state index in [1.54, 1.807) is 0 Å². The van der Waals surface area contributed by atoms with Crippen LogP contribution in [0.3, 0.4) is 0 Å². The number of fused-ring (bicyclic) bond motifs is 2. The molecule has 4 aromatic carbocycles. The molecule has 4 nitrogen and oxygen atoms in total. The predicted octanol–water partition coefficient (Wildman–Crippen LogP) is 5.72. The molecule has 4 heteroatoms. The highest BCUT2D eigenvalue weighted by atomic mass is 16.5. The number of hydrogen-bond donors (Lipinski definition) is 0. The van der Waals surface area contributed by atoms with Crippen molar-refractivity contribution in [1.82, 2.24) is 0 Å². The molecule has 0 radical (unpaired) electrons. The van der Waals surface area contributed by atoms with Crippen molar-refractivity contribution in [2.45, 2.75) is 17.6 Å². The Balaban J connectivity index is 1.73. The number of carbonyl (C=O) groups is 2. The van der Waals surface area contributed by atoms with Crippen molar-refractivity contribution < 1.29 is 14.3 Å². The van der Waals surface area contributed by atoms with Gasteiger partial charge in [0.25, 0.3) is 5.91 Å². The van der Waals surface area contributed by atoms with E-state index in [4.69, 9.17) is 4.74 Å². The second kappa shape index (κ2) is 8.10. The molecular weight excluding hydrogens is 434 g/mol. The molecule has 2 aliphatic rings. The first-order valence-corrected chi connectivity index (χ1v) is 11.7. The number of rotatable bonds is 4. The lowest BCUT2D eigenvalue weighted by atomic mass is 9.75. The number of para-hydroxylation sites is 1. The minimum atomic E-state index is -1.40. The number of benzene rings is 4. The van der Waals surface area contributed by atoms with E-state index in [2.05, 4.69) is 0 Å². The number of anilines is 1. The van der Waals surface area contributed by atoms with Gasteiger partial charge in [-0.1, -0.05) is 109 Å². The minimum absolute atomic E-state index is 0.0374. The highest BCUT2D eigenvalue weighted by Gasteiger charge is 2.60. The van der Waals surface area contributed by atoms with E-state index in [-0.39, 0.29) is 18.1 Å². The van der Waals surface area contributed by atoms with E-state index < -0.39 is 11.1 Å². The largest absolute Gasteiger partial charge is 0.480 e. The van der Waals surface area contributed by atoms with Crippen LogP contribution >= 0.6 is 0 Å². The molecule has 0 saturated carbocycles. The molecule has 1 spiro atoms. The average Bonchev–Trinajstić information content (AvgIpc) is 3.14. The fraction of sp³-hybridized carbons (Fsp3) is 0.0968. The molecule has 1 amide bonds. The lowest BCUT2D eigenvalue weighted by Gasteiger charge is -2.44. The lowest BCUT2D eigenvalue weighted by molar-refractivity contribution is -0.144. The Hall–Kier alpha value is -4.44. The van der Waals surface area contributed by atoms with Crippen LogP contribution in [0.4, 0.5) is 5.69 Å². The quantitative estimate of drug-likeness (QED) is 0.368. The molecule has 0 N–H and O–H groups in total. The number of nitrogens with zero attached hydrogens (tertiary/aromatic N) is 1. The van der Waals surface area contributed by atoms with E-state index in [9.17, 15) is 9.59 Å². The zero-order valence-corrected chi connectivity index (χ0v) is 19.0. The normalized spacial score (nSPS) is 19.0. The standard InChI is InChI=1S/C31H23NO3/c33-26-20-21-35-30(22-26)27-18-10-11-19-28(27)32(29(30)34)31(23-12-4-1-5-13-23,24-14-6-2-7-15-24)25-16-8-3-9-17-25/h1-21H,22H2/t30-/m0/s1. The third-order valence-corrected chi connectivity index (χ3v) is 6.99. The number of carbonyl (C=O) groups excluding carboxylic acids is 2. The number of hydrogen-bond acceptors (Lipinski definition) is 3. The zero-order chi connectivity index (χ0) is 23.9. The van der Waals surface area contributed by atoms with Crippen molar-refractivity contribution in [1.29, 1.82) is 0 Å². The van der Waals surface area contributed by atoms with Crippen molar-refractivity contribution in [2.75, 3.05) is 4.90 Å². The van der Waals surface area contributed by atoms with Gasteiger partial charge in [-0.2, -0.15) is 0 Å². The predicted molar refractivity (Wildman–Crippen MR) is 135 cm³/mol. The molecule has 6 rings (SSSR count). The third-order valence-electron chi connectivity index (χ3n) is 6.99. The fourth-order valence-corrected chi connectivity index (χ4v) is 5.53. The molecule has 0 aromatic heterocycles. The SMILES string of the molecule is O=C1C=CO[C@]2(C1)C(=O)N(C(c1ccccc1)(c1ccccc1)c1ccccc1)c1ccccc12. The zero-order valence-electron chi connectivity index (χ0n) is 19.0. The van der Waals surface area contributed by atoms with E-state index in [0.29, 0.717) is 5.56 Å². The third kappa shape index (κ3) is 3.00. The van der Waals surface area contributed by atoms with Crippen molar-refractivity contribution in [3.05, 3.63) is 150 Å². The molecule has 0 fully saturated rings. The van der Waals surface area contributed by atoms with Gasteiger partial charge in [0.1, 0.15) is 5.54 Å². The van der Waals surface area contributed by atoms with Gasteiger partial charge >= 0.3 is 0 Å². The van der Waals surface area contributed by atoms with E-state index >= 15 is 0 Å². The maximum absolute atomic E-state index is 14.7. The van der Waals surface area contributed by atoms with Crippen LogP contribution in [-0.4, -0.2) is 11.7 Å². The highest BCUT2D eigenvalue weighted by molar-refractivity contribution is 6.12. The fourth-order valence-electron chi connectivity index (χ4n) is 5.53. The minimum Gasteiger partial charge on any atom is -0.480 e. The average molecular weight is 458 g/mol. The van der Waals surface area contributed by atoms with Gasteiger partial charge in [-0.15, -0.1) is 0 Å². The number of ketones is 1. The van der Waals surface area contributed by atoms with E-state index in [0.717, 1.165) is 22.4 Å². The molecule has 4 aromatic rings. The summed E-state index contributed by atoms with van der Waals surface area (Å²) in [5.74, 6) is -0.390. The van der Waals surface area contributed by atoms with Crippen LogP contribution in [0.2, 0.25) is 0 Å². The number of allylic oxidation sites excluding steroid dienone is 1. The summed E-state index contributed by atoms with van der Waals surface area (Å²) >= 11 is 0. The molecule has 2 aliphatic heterocycles. The summed E-state index contributed by atoms with van der Waals surface area (Å²) < 4.78 is 6.08. The van der Waals surface area contributed by atoms with Crippen molar-refractivity contribution in [3.63, 3.8) is 0 Å². The van der Waals surface area contributed by atoms with Crippen molar-refractivity contribution in [2.24, 2.45) is 0 Å². The van der Waals surface area contributed by atoms with Crippen LogP contribution in [0.25, 0.3) is 0 Å². The second-order valence-corrected chi connectivity index (χ2v) is 8.86. The van der Waals surface area contributed by atoms with Gasteiger partial charge in [-0.05, 0) is 22.8 Å². The summed E-state index contributed by atoms with van der Waals surface area (Å²) in [5, 5.41) is 0. The molecule has 170 valence electrons. The first-order valence-electron chi connectivity index (χ1n) is 11.7. The summed E-state index contributed by atoms with van der Waals surface area (Å²) in [7, 11) is 0. The second-order valence-electron chi connectivity index (χ2n) is 8.86. The first-order chi connectivity index (χ1) is 17.2. The van der Waals surface area contributed by atoms with Gasteiger partial charge < -0.3 is 4.74 Å². The summed E-state index contributed by atoms with van der Waals surface area (Å²) in [6, 6.07) is 37.8. The number of ether oxygens (including phenoxy) is 1. The molecule has 0 aliphatic carbocycles. The maximum atomic E-state index is 14.7. The Bertz CT molecular complexity index is 1330. The monoisotopic (exact) mass is 457 g/mol. The van der Waals surface area contributed by atoms with Gasteiger partial charge in [0.2, 0.25) is 5.60 Å². The van der Waals surface area contributed by atoms with Crippen LogP contribution in [-0.2, 0) is 25.5 Å². The number of amides is 1. The Morgan fingerprint density at radius 3 is 1.66 bits per heavy atom. The molecule has 0 saturated heterocycles. The van der Waals surface area contributed by atoms with E-state index in [1.807, 2.05) is 120 Å². The van der Waals surface area contributed by atoms with Gasteiger partial charge in [0, 0.05) is 11.6 Å². The topological polar surface area (TPSA) is 46.6 Å². The lowest BCUT2D eigenvalue weighted by Crippen LogP contribution is -2.54. The van der Waals surface area contributed by atoms with E-state index in [1.165, 1.54) is 12.3 Å². The summed E-state index contributed by atoms with van der Waals surface area (Å²) in [6.45, 7) is 0. The molecule has 1 atom stereocenters. The molecule has 0 unspecified atom stereocenters. The summed E-state index contributed by atoms with van der Waals surface area (Å²) in [4.78, 5) is 29.1. The van der Waals surface area contributed by atoms with Crippen molar-refractivity contribution >= 4 is 17.4 Å².